The smallest absolute Gasteiger partial charge is 0.258 e. The van der Waals surface area contributed by atoms with Gasteiger partial charge in [0.15, 0.2) is 5.82 Å². The number of nitro benzene ring substituents is 1. The molecule has 0 saturated carbocycles. The van der Waals surface area contributed by atoms with Gasteiger partial charge in [0.1, 0.15) is 16.4 Å². The average molecular weight is 429 g/mol. The minimum atomic E-state index is -0.538. The Morgan fingerprint density at radius 3 is 2.10 bits per heavy atom. The van der Waals surface area contributed by atoms with Crippen LogP contribution in [0.2, 0.25) is 5.02 Å². The summed E-state index contributed by atoms with van der Waals surface area (Å²) in [6, 6.07) is 23.8. The molecular formula is C22H13ClN6O2. The molecule has 0 bridgehead atoms. The van der Waals surface area contributed by atoms with Crippen LogP contribution >= 0.6 is 11.6 Å². The van der Waals surface area contributed by atoms with Crippen LogP contribution in [0.5, 0.6) is 0 Å². The van der Waals surface area contributed by atoms with Crippen molar-refractivity contribution in [2.24, 2.45) is 0 Å². The lowest BCUT2D eigenvalue weighted by Crippen LogP contribution is -2.03. The van der Waals surface area contributed by atoms with Crippen LogP contribution in [-0.2, 0) is 0 Å². The molecule has 0 fully saturated rings. The van der Waals surface area contributed by atoms with Gasteiger partial charge < -0.3 is 0 Å². The second kappa shape index (κ2) is 7.58. The average Bonchev–Trinajstić information content (AvgIpc) is 3.22. The van der Waals surface area contributed by atoms with Gasteiger partial charge in [-0.1, -0.05) is 72.3 Å². The molecule has 3 aromatic carbocycles. The summed E-state index contributed by atoms with van der Waals surface area (Å²) in [5.41, 5.74) is 3.32. The van der Waals surface area contributed by atoms with Gasteiger partial charge in [-0.2, -0.15) is 9.61 Å². The van der Waals surface area contributed by atoms with Crippen LogP contribution in [0, 0.1) is 10.1 Å². The van der Waals surface area contributed by atoms with Crippen LogP contribution in [-0.4, -0.2) is 29.7 Å². The van der Waals surface area contributed by atoms with Crippen molar-refractivity contribution in [3.63, 3.8) is 0 Å². The highest BCUT2D eigenvalue weighted by molar-refractivity contribution is 6.32. The standard InChI is InChI=1S/C22H13ClN6O2/c23-17-12-11-16(13-18(17)29(30)31)21-25-26-22-24-19(14-7-3-1-4-8-14)20(27-28(21)22)15-9-5-2-6-10-15/h1-13H. The van der Waals surface area contributed by atoms with Crippen LogP contribution in [0.4, 0.5) is 5.69 Å². The van der Waals surface area contributed by atoms with Gasteiger partial charge in [-0.15, -0.1) is 10.2 Å². The number of nitro groups is 1. The quantitative estimate of drug-likeness (QED) is 0.292. The Balaban J connectivity index is 1.76. The van der Waals surface area contributed by atoms with E-state index in [-0.39, 0.29) is 16.5 Å². The van der Waals surface area contributed by atoms with Crippen molar-refractivity contribution in [2.45, 2.75) is 0 Å². The van der Waals surface area contributed by atoms with E-state index in [1.54, 1.807) is 6.07 Å². The van der Waals surface area contributed by atoms with Crippen LogP contribution < -0.4 is 0 Å². The first-order valence-electron chi connectivity index (χ1n) is 9.30. The van der Waals surface area contributed by atoms with E-state index in [0.717, 1.165) is 11.1 Å². The number of halogens is 1. The van der Waals surface area contributed by atoms with Crippen LogP contribution in [0.1, 0.15) is 0 Å². The van der Waals surface area contributed by atoms with Crippen LogP contribution in [0.3, 0.4) is 0 Å². The first kappa shape index (κ1) is 18.8. The number of rotatable bonds is 4. The van der Waals surface area contributed by atoms with Crippen molar-refractivity contribution in [3.8, 4) is 33.9 Å². The summed E-state index contributed by atoms with van der Waals surface area (Å²) in [7, 11) is 0. The fraction of sp³-hybridized carbons (Fsp3) is 0. The molecule has 2 aromatic heterocycles. The second-order valence-electron chi connectivity index (χ2n) is 6.70. The Labute approximate surface area is 180 Å². The Bertz CT molecular complexity index is 1420. The highest BCUT2D eigenvalue weighted by Crippen LogP contribution is 2.32. The second-order valence-corrected chi connectivity index (χ2v) is 7.11. The minimum Gasteiger partial charge on any atom is -0.258 e. The van der Waals surface area contributed by atoms with E-state index in [1.807, 2.05) is 60.7 Å². The fourth-order valence-electron chi connectivity index (χ4n) is 3.29. The van der Waals surface area contributed by atoms with E-state index in [2.05, 4.69) is 10.2 Å². The van der Waals surface area contributed by atoms with E-state index < -0.39 is 4.92 Å². The SMILES string of the molecule is O=[N+]([O-])c1cc(-c2nnc3nc(-c4ccccc4)c(-c4ccccc4)nn23)ccc1Cl. The van der Waals surface area contributed by atoms with Crippen molar-refractivity contribution in [1.29, 1.82) is 0 Å². The Kier molecular flexibility index (Phi) is 4.61. The third-order valence-electron chi connectivity index (χ3n) is 4.76. The van der Waals surface area contributed by atoms with Crippen molar-refractivity contribution < 1.29 is 4.92 Å². The van der Waals surface area contributed by atoms with Crippen LogP contribution in [0.15, 0.2) is 78.9 Å². The van der Waals surface area contributed by atoms with Crippen LogP contribution in [0.25, 0.3) is 39.7 Å². The molecule has 0 spiro atoms. The first-order chi connectivity index (χ1) is 15.1. The van der Waals surface area contributed by atoms with E-state index >= 15 is 0 Å². The molecule has 0 aliphatic rings. The lowest BCUT2D eigenvalue weighted by Gasteiger charge is -2.09. The van der Waals surface area contributed by atoms with E-state index in [4.69, 9.17) is 21.7 Å². The molecule has 0 aliphatic heterocycles. The molecule has 150 valence electrons. The highest BCUT2D eigenvalue weighted by atomic mass is 35.5. The third kappa shape index (κ3) is 3.38. The monoisotopic (exact) mass is 428 g/mol. The molecule has 5 aromatic rings. The Morgan fingerprint density at radius 1 is 0.806 bits per heavy atom. The van der Waals surface area contributed by atoms with Gasteiger partial charge in [-0.25, -0.2) is 4.98 Å². The predicted molar refractivity (Wildman–Crippen MR) is 117 cm³/mol. The summed E-state index contributed by atoms with van der Waals surface area (Å²) < 4.78 is 1.49. The molecule has 9 heteroatoms. The summed E-state index contributed by atoms with van der Waals surface area (Å²) in [5, 5.41) is 24.5. The number of nitrogens with zero attached hydrogens (tertiary/aromatic N) is 6. The van der Waals surface area contributed by atoms with E-state index in [1.165, 1.54) is 16.6 Å². The maximum Gasteiger partial charge on any atom is 0.288 e. The number of hydrogen-bond acceptors (Lipinski definition) is 6. The van der Waals surface area contributed by atoms with Gasteiger partial charge in [-0.3, -0.25) is 10.1 Å². The minimum absolute atomic E-state index is 0.0463. The summed E-state index contributed by atoms with van der Waals surface area (Å²) >= 11 is 5.95. The van der Waals surface area contributed by atoms with Crippen molar-refractivity contribution in [3.05, 3.63) is 94.0 Å². The predicted octanol–water partition coefficient (Wildman–Crippen LogP) is 5.08. The maximum absolute atomic E-state index is 11.3. The molecule has 0 aliphatic carbocycles. The van der Waals surface area contributed by atoms with Gasteiger partial charge in [0.25, 0.3) is 11.5 Å². The largest absolute Gasteiger partial charge is 0.288 e. The molecule has 8 nitrogen and oxygen atoms in total. The third-order valence-corrected chi connectivity index (χ3v) is 5.08. The zero-order chi connectivity index (χ0) is 21.4. The van der Waals surface area contributed by atoms with Gasteiger partial charge >= 0.3 is 0 Å². The molecule has 5 rings (SSSR count). The Morgan fingerprint density at radius 2 is 1.45 bits per heavy atom. The molecule has 2 heterocycles. The van der Waals surface area contributed by atoms with Gasteiger partial charge in [-0.05, 0) is 12.1 Å². The molecule has 0 amide bonds. The fourth-order valence-corrected chi connectivity index (χ4v) is 3.48. The lowest BCUT2D eigenvalue weighted by molar-refractivity contribution is -0.384. The van der Waals surface area contributed by atoms with Crippen molar-refractivity contribution in [2.75, 3.05) is 0 Å². The van der Waals surface area contributed by atoms with Crippen molar-refractivity contribution in [1.82, 2.24) is 24.8 Å². The first-order valence-corrected chi connectivity index (χ1v) is 9.68. The molecular weight excluding hydrogens is 416 g/mol. The molecule has 31 heavy (non-hydrogen) atoms. The maximum atomic E-state index is 11.3. The van der Waals surface area contributed by atoms with Gasteiger partial charge in [0.05, 0.1) is 4.92 Å². The number of hydrogen-bond donors (Lipinski definition) is 0. The summed E-state index contributed by atoms with van der Waals surface area (Å²) in [5.74, 6) is 0.616. The lowest BCUT2D eigenvalue weighted by atomic mass is 10.0. The summed E-state index contributed by atoms with van der Waals surface area (Å²) in [6.07, 6.45) is 0. The van der Waals surface area contributed by atoms with Gasteiger partial charge in [0, 0.05) is 22.8 Å². The zero-order valence-electron chi connectivity index (χ0n) is 15.9. The molecule has 0 N–H and O–H groups in total. The number of aromatic nitrogens is 5. The molecule has 0 atom stereocenters. The topological polar surface area (TPSA) is 99.1 Å². The Hall–Kier alpha value is -4.17. The molecule has 0 radical (unpaired) electrons. The summed E-state index contributed by atoms with van der Waals surface area (Å²) in [6.45, 7) is 0. The van der Waals surface area contributed by atoms with E-state index in [9.17, 15) is 10.1 Å². The highest BCUT2D eigenvalue weighted by Gasteiger charge is 2.20. The molecule has 0 unspecified atom stereocenters. The molecule has 0 saturated heterocycles. The number of fused-ring (bicyclic) bond motifs is 1. The summed E-state index contributed by atoms with van der Waals surface area (Å²) in [4.78, 5) is 15.5. The zero-order valence-corrected chi connectivity index (χ0v) is 16.6. The van der Waals surface area contributed by atoms with E-state index in [0.29, 0.717) is 22.8 Å². The van der Waals surface area contributed by atoms with Gasteiger partial charge in [0.2, 0.25) is 0 Å². The normalized spacial score (nSPS) is 11.0. The number of benzene rings is 3. The van der Waals surface area contributed by atoms with Crippen molar-refractivity contribution >= 4 is 23.1 Å².